The van der Waals surface area contributed by atoms with E-state index in [2.05, 4.69) is 0 Å². The maximum absolute atomic E-state index is 12.4. The first-order valence-electron chi connectivity index (χ1n) is 6.64. The van der Waals surface area contributed by atoms with Gasteiger partial charge in [0.25, 0.3) is 11.8 Å². The van der Waals surface area contributed by atoms with E-state index in [4.69, 9.17) is 0 Å². The van der Waals surface area contributed by atoms with Crippen LogP contribution < -0.4 is 0 Å². The summed E-state index contributed by atoms with van der Waals surface area (Å²) in [7, 11) is 6.90. The van der Waals surface area contributed by atoms with Gasteiger partial charge in [0, 0.05) is 39.3 Å². The predicted molar refractivity (Wildman–Crippen MR) is 81.4 cm³/mol. The molecule has 0 aliphatic heterocycles. The molecule has 2 amide bonds. The van der Waals surface area contributed by atoms with Crippen LogP contribution in [0.15, 0.2) is 0 Å². The second kappa shape index (κ2) is 5.65. The van der Waals surface area contributed by atoms with E-state index in [1.165, 1.54) is 0 Å². The van der Waals surface area contributed by atoms with Gasteiger partial charge in [-0.1, -0.05) is 0 Å². The van der Waals surface area contributed by atoms with E-state index in [-0.39, 0.29) is 11.8 Å². The monoisotopic (exact) mass is 276 g/mol. The van der Waals surface area contributed by atoms with Crippen LogP contribution in [0.3, 0.4) is 0 Å². The number of hydrogen-bond donors (Lipinski definition) is 0. The van der Waals surface area contributed by atoms with Gasteiger partial charge in [0.2, 0.25) is 0 Å². The first-order valence-corrected chi connectivity index (χ1v) is 6.64. The first-order chi connectivity index (χ1) is 9.11. The molecule has 0 fully saturated rings. The van der Waals surface area contributed by atoms with Gasteiger partial charge in [-0.3, -0.25) is 9.59 Å². The number of carbonyl (C=O) groups excluding carboxylic acids is 2. The molecule has 0 saturated heterocycles. The van der Waals surface area contributed by atoms with Crippen LogP contribution in [0.4, 0.5) is 0 Å². The summed E-state index contributed by atoms with van der Waals surface area (Å²) in [6.07, 6.45) is 0. The lowest BCUT2D eigenvalue weighted by Crippen LogP contribution is -2.28. The standard InChI is InChI=1S/C16H24N2O2/c1-9-10(2)13(15(19)17(5)6)12(4)14(11(9)3)16(20)18(7)8/h1-8H3. The maximum Gasteiger partial charge on any atom is 0.253 e. The SMILES string of the molecule is Cc1c(C)c(C(=O)N(C)C)c(C)c(C(=O)N(C)C)c1C. The third-order valence-electron chi connectivity index (χ3n) is 3.87. The van der Waals surface area contributed by atoms with Gasteiger partial charge in [0.1, 0.15) is 0 Å². The van der Waals surface area contributed by atoms with Gasteiger partial charge in [-0.05, 0) is 49.9 Å². The van der Waals surface area contributed by atoms with Gasteiger partial charge < -0.3 is 9.80 Å². The Labute approximate surface area is 121 Å². The number of carbonyl (C=O) groups is 2. The quantitative estimate of drug-likeness (QED) is 0.832. The van der Waals surface area contributed by atoms with Crippen LogP contribution in [0.25, 0.3) is 0 Å². The fourth-order valence-corrected chi connectivity index (χ4v) is 2.43. The van der Waals surface area contributed by atoms with Crippen molar-refractivity contribution in [1.82, 2.24) is 9.80 Å². The van der Waals surface area contributed by atoms with E-state index >= 15 is 0 Å². The fourth-order valence-electron chi connectivity index (χ4n) is 2.43. The Bertz CT molecular complexity index is 525. The van der Waals surface area contributed by atoms with Crippen molar-refractivity contribution in [3.05, 3.63) is 33.4 Å². The number of amides is 2. The summed E-state index contributed by atoms with van der Waals surface area (Å²) in [5.74, 6) is -0.119. The summed E-state index contributed by atoms with van der Waals surface area (Å²) >= 11 is 0. The summed E-state index contributed by atoms with van der Waals surface area (Å²) in [5.41, 5.74) is 4.96. The lowest BCUT2D eigenvalue weighted by atomic mass is 9.87. The van der Waals surface area contributed by atoms with Gasteiger partial charge in [-0.2, -0.15) is 0 Å². The summed E-state index contributed by atoms with van der Waals surface area (Å²) < 4.78 is 0. The molecule has 0 aromatic heterocycles. The molecule has 0 saturated carbocycles. The Balaban J connectivity index is 3.72. The molecular formula is C16H24N2O2. The molecule has 1 aromatic rings. The van der Waals surface area contributed by atoms with Crippen LogP contribution in [-0.2, 0) is 0 Å². The molecule has 4 heteroatoms. The zero-order valence-electron chi connectivity index (χ0n) is 13.7. The van der Waals surface area contributed by atoms with Gasteiger partial charge in [0.05, 0.1) is 0 Å². The molecule has 0 atom stereocenters. The summed E-state index contributed by atoms with van der Waals surface area (Å²) in [4.78, 5) is 27.9. The van der Waals surface area contributed by atoms with Crippen LogP contribution in [0.1, 0.15) is 43.0 Å². The molecule has 110 valence electrons. The molecular weight excluding hydrogens is 252 g/mol. The molecule has 0 N–H and O–H groups in total. The summed E-state index contributed by atoms with van der Waals surface area (Å²) in [6, 6.07) is 0. The van der Waals surface area contributed by atoms with E-state index in [0.29, 0.717) is 11.1 Å². The molecule has 4 nitrogen and oxygen atoms in total. The average Bonchev–Trinajstić information content (AvgIpc) is 2.35. The van der Waals surface area contributed by atoms with Crippen molar-refractivity contribution in [3.63, 3.8) is 0 Å². The topological polar surface area (TPSA) is 40.6 Å². The summed E-state index contributed by atoms with van der Waals surface area (Å²) in [6.45, 7) is 7.70. The van der Waals surface area contributed by atoms with Crippen molar-refractivity contribution in [2.24, 2.45) is 0 Å². The van der Waals surface area contributed by atoms with Crippen molar-refractivity contribution in [1.29, 1.82) is 0 Å². The Hall–Kier alpha value is -1.84. The Kier molecular flexibility index (Phi) is 4.58. The molecule has 0 radical (unpaired) electrons. The second-order valence-corrected chi connectivity index (χ2v) is 5.65. The zero-order chi connectivity index (χ0) is 15.8. The van der Waals surface area contributed by atoms with Crippen LogP contribution >= 0.6 is 0 Å². The molecule has 0 aliphatic rings. The molecule has 0 heterocycles. The Morgan fingerprint density at radius 3 is 1.15 bits per heavy atom. The zero-order valence-corrected chi connectivity index (χ0v) is 13.7. The molecule has 1 rings (SSSR count). The minimum absolute atomic E-state index is 0.0593. The maximum atomic E-state index is 12.4. The third-order valence-corrected chi connectivity index (χ3v) is 3.87. The van der Waals surface area contributed by atoms with E-state index in [1.807, 2.05) is 27.7 Å². The minimum Gasteiger partial charge on any atom is -0.345 e. The Morgan fingerprint density at radius 2 is 0.900 bits per heavy atom. The smallest absolute Gasteiger partial charge is 0.253 e. The van der Waals surface area contributed by atoms with Crippen molar-refractivity contribution in [2.75, 3.05) is 28.2 Å². The molecule has 0 bridgehead atoms. The highest BCUT2D eigenvalue weighted by atomic mass is 16.2. The van der Waals surface area contributed by atoms with Crippen molar-refractivity contribution < 1.29 is 9.59 Å². The lowest BCUT2D eigenvalue weighted by molar-refractivity contribution is 0.0824. The highest BCUT2D eigenvalue weighted by molar-refractivity contribution is 6.04. The number of hydrogen-bond acceptors (Lipinski definition) is 2. The van der Waals surface area contributed by atoms with Crippen molar-refractivity contribution in [3.8, 4) is 0 Å². The van der Waals surface area contributed by atoms with E-state index in [0.717, 1.165) is 22.3 Å². The van der Waals surface area contributed by atoms with Crippen LogP contribution in [0.5, 0.6) is 0 Å². The highest BCUT2D eigenvalue weighted by Crippen LogP contribution is 2.28. The Morgan fingerprint density at radius 1 is 0.600 bits per heavy atom. The summed E-state index contributed by atoms with van der Waals surface area (Å²) in [5, 5.41) is 0. The average molecular weight is 276 g/mol. The third kappa shape index (κ3) is 2.55. The molecule has 0 spiro atoms. The highest BCUT2D eigenvalue weighted by Gasteiger charge is 2.24. The largest absolute Gasteiger partial charge is 0.345 e. The molecule has 0 unspecified atom stereocenters. The van der Waals surface area contributed by atoms with Gasteiger partial charge >= 0.3 is 0 Å². The van der Waals surface area contributed by atoms with Gasteiger partial charge in [-0.25, -0.2) is 0 Å². The van der Waals surface area contributed by atoms with Crippen molar-refractivity contribution in [2.45, 2.75) is 27.7 Å². The van der Waals surface area contributed by atoms with Crippen LogP contribution in [-0.4, -0.2) is 49.8 Å². The molecule has 0 aliphatic carbocycles. The molecule has 20 heavy (non-hydrogen) atoms. The molecule has 1 aromatic carbocycles. The first kappa shape index (κ1) is 16.2. The van der Waals surface area contributed by atoms with Crippen LogP contribution in [0.2, 0.25) is 0 Å². The number of rotatable bonds is 2. The van der Waals surface area contributed by atoms with Crippen LogP contribution in [0, 0.1) is 27.7 Å². The van der Waals surface area contributed by atoms with Gasteiger partial charge in [0.15, 0.2) is 0 Å². The number of benzene rings is 1. The van der Waals surface area contributed by atoms with Crippen molar-refractivity contribution >= 4 is 11.8 Å². The lowest BCUT2D eigenvalue weighted by Gasteiger charge is -2.23. The second-order valence-electron chi connectivity index (χ2n) is 5.65. The van der Waals surface area contributed by atoms with Gasteiger partial charge in [-0.15, -0.1) is 0 Å². The van der Waals surface area contributed by atoms with E-state index in [9.17, 15) is 9.59 Å². The minimum atomic E-state index is -0.0593. The number of nitrogens with zero attached hydrogens (tertiary/aromatic N) is 2. The fraction of sp³-hybridized carbons (Fsp3) is 0.500. The van der Waals surface area contributed by atoms with E-state index in [1.54, 1.807) is 38.0 Å². The van der Waals surface area contributed by atoms with E-state index < -0.39 is 0 Å². The predicted octanol–water partition coefficient (Wildman–Crippen LogP) is 2.32. The normalized spacial score (nSPS) is 10.4.